The van der Waals surface area contributed by atoms with Crippen molar-refractivity contribution in [1.29, 1.82) is 5.41 Å². The third kappa shape index (κ3) is 5.88. The molecule has 158 valence electrons. The van der Waals surface area contributed by atoms with Crippen molar-refractivity contribution >= 4 is 28.0 Å². The van der Waals surface area contributed by atoms with E-state index in [0.717, 1.165) is 19.3 Å². The SMILES string of the molecule is CN(C=N)CC(F)C(C)(F)c1cccc(NCc2ncc(Br)cc2C(F)(F)F)c1. The van der Waals surface area contributed by atoms with Crippen LogP contribution in [0.5, 0.6) is 0 Å². The van der Waals surface area contributed by atoms with Crippen LogP contribution in [-0.2, 0) is 18.4 Å². The van der Waals surface area contributed by atoms with Crippen LogP contribution in [0.15, 0.2) is 41.0 Å². The summed E-state index contributed by atoms with van der Waals surface area (Å²) in [4.78, 5) is 5.02. The van der Waals surface area contributed by atoms with Crippen molar-refractivity contribution in [2.45, 2.75) is 31.5 Å². The predicted octanol–water partition coefficient (Wildman–Crippen LogP) is 5.54. The second-order valence-electron chi connectivity index (χ2n) is 6.69. The predicted molar refractivity (Wildman–Crippen MR) is 105 cm³/mol. The molecule has 0 aliphatic heterocycles. The topological polar surface area (TPSA) is 52.0 Å². The first-order valence-electron chi connectivity index (χ1n) is 8.55. The van der Waals surface area contributed by atoms with Gasteiger partial charge in [0.05, 0.1) is 30.7 Å². The Morgan fingerprint density at radius 3 is 2.59 bits per heavy atom. The van der Waals surface area contributed by atoms with E-state index in [9.17, 15) is 17.6 Å². The Hall–Kier alpha value is -2.23. The van der Waals surface area contributed by atoms with E-state index in [2.05, 4.69) is 26.2 Å². The molecule has 0 saturated carbocycles. The van der Waals surface area contributed by atoms with Crippen LogP contribution < -0.4 is 5.32 Å². The molecule has 0 aliphatic carbocycles. The normalized spacial score (nSPS) is 14.8. The lowest BCUT2D eigenvalue weighted by Gasteiger charge is -2.28. The average Bonchev–Trinajstić information content (AvgIpc) is 2.66. The highest BCUT2D eigenvalue weighted by atomic mass is 79.9. The van der Waals surface area contributed by atoms with E-state index in [0.29, 0.717) is 5.69 Å². The van der Waals surface area contributed by atoms with Crippen LogP contribution >= 0.6 is 15.9 Å². The molecule has 0 amide bonds. The van der Waals surface area contributed by atoms with Gasteiger partial charge in [0.2, 0.25) is 0 Å². The molecule has 1 heterocycles. The van der Waals surface area contributed by atoms with Gasteiger partial charge in [-0.15, -0.1) is 0 Å². The monoisotopic (exact) mass is 478 g/mol. The Morgan fingerprint density at radius 1 is 1.28 bits per heavy atom. The van der Waals surface area contributed by atoms with Crippen molar-refractivity contribution in [3.63, 3.8) is 0 Å². The molecule has 2 rings (SSSR count). The zero-order valence-corrected chi connectivity index (χ0v) is 17.3. The third-order valence-corrected chi connectivity index (χ3v) is 4.82. The number of anilines is 1. The molecule has 10 heteroatoms. The molecule has 0 aliphatic rings. The second kappa shape index (κ2) is 9.06. The van der Waals surface area contributed by atoms with Crippen LogP contribution in [0.25, 0.3) is 0 Å². The van der Waals surface area contributed by atoms with E-state index in [4.69, 9.17) is 5.41 Å². The second-order valence-corrected chi connectivity index (χ2v) is 7.61. The fraction of sp³-hybridized carbons (Fsp3) is 0.368. The highest BCUT2D eigenvalue weighted by Crippen LogP contribution is 2.35. The first kappa shape index (κ1) is 23.1. The summed E-state index contributed by atoms with van der Waals surface area (Å²) in [6, 6.07) is 6.72. The Labute approximate surface area is 173 Å². The van der Waals surface area contributed by atoms with E-state index >= 15 is 4.39 Å². The van der Waals surface area contributed by atoms with Gasteiger partial charge in [-0.05, 0) is 46.6 Å². The van der Waals surface area contributed by atoms with E-state index in [1.54, 1.807) is 6.07 Å². The minimum Gasteiger partial charge on any atom is -0.379 e. The third-order valence-electron chi connectivity index (χ3n) is 4.39. The van der Waals surface area contributed by atoms with E-state index in [1.165, 1.54) is 36.3 Å². The fourth-order valence-corrected chi connectivity index (χ4v) is 2.96. The number of hydrogen-bond donors (Lipinski definition) is 2. The molecule has 0 fully saturated rings. The molecule has 2 aromatic rings. The molecule has 2 N–H and O–H groups in total. The lowest BCUT2D eigenvalue weighted by molar-refractivity contribution is -0.138. The van der Waals surface area contributed by atoms with Gasteiger partial charge in [-0.2, -0.15) is 13.2 Å². The van der Waals surface area contributed by atoms with Gasteiger partial charge >= 0.3 is 6.18 Å². The molecular weight excluding hydrogens is 459 g/mol. The highest BCUT2D eigenvalue weighted by Gasteiger charge is 2.37. The van der Waals surface area contributed by atoms with Crippen LogP contribution in [0.1, 0.15) is 23.7 Å². The van der Waals surface area contributed by atoms with Crippen molar-refractivity contribution in [3.8, 4) is 0 Å². The summed E-state index contributed by atoms with van der Waals surface area (Å²) in [6.07, 6.45) is -4.33. The number of rotatable bonds is 8. The van der Waals surface area contributed by atoms with E-state index < -0.39 is 23.6 Å². The number of hydrogen-bond acceptors (Lipinski definition) is 3. The smallest absolute Gasteiger partial charge is 0.379 e. The van der Waals surface area contributed by atoms with Gasteiger partial charge in [0.15, 0.2) is 11.8 Å². The quantitative estimate of drug-likeness (QED) is 0.297. The molecule has 0 saturated heterocycles. The lowest BCUT2D eigenvalue weighted by atomic mass is 9.92. The number of nitrogens with zero attached hydrogens (tertiary/aromatic N) is 2. The van der Waals surface area contributed by atoms with Gasteiger partial charge in [0, 0.05) is 23.4 Å². The van der Waals surface area contributed by atoms with Gasteiger partial charge in [-0.25, -0.2) is 8.78 Å². The maximum Gasteiger partial charge on any atom is 0.418 e. The van der Waals surface area contributed by atoms with Crippen molar-refractivity contribution < 1.29 is 22.0 Å². The Kier molecular flexibility index (Phi) is 7.20. The summed E-state index contributed by atoms with van der Waals surface area (Å²) in [6.45, 7) is 0.530. The summed E-state index contributed by atoms with van der Waals surface area (Å²) in [5.41, 5.74) is -3.08. The van der Waals surface area contributed by atoms with Crippen LogP contribution in [-0.4, -0.2) is 36.0 Å². The molecule has 29 heavy (non-hydrogen) atoms. The summed E-state index contributed by atoms with van der Waals surface area (Å²) in [7, 11) is 1.46. The first-order valence-corrected chi connectivity index (χ1v) is 9.34. The molecule has 2 atom stereocenters. The zero-order chi connectivity index (χ0) is 21.8. The van der Waals surface area contributed by atoms with Crippen LogP contribution in [0.2, 0.25) is 0 Å². The molecule has 0 radical (unpaired) electrons. The number of halogens is 6. The minimum absolute atomic E-state index is 0.0354. The van der Waals surface area contributed by atoms with Crippen molar-refractivity contribution in [3.05, 3.63) is 57.8 Å². The van der Waals surface area contributed by atoms with E-state index in [1.807, 2.05) is 0 Å². The molecule has 0 bridgehead atoms. The van der Waals surface area contributed by atoms with Crippen molar-refractivity contribution in [1.82, 2.24) is 9.88 Å². The van der Waals surface area contributed by atoms with E-state index in [-0.39, 0.29) is 28.8 Å². The summed E-state index contributed by atoms with van der Waals surface area (Å²) in [5.74, 6) is 0. The number of nitrogens with one attached hydrogen (secondary N) is 2. The maximum absolute atomic E-state index is 15.1. The van der Waals surface area contributed by atoms with Crippen LogP contribution in [0.3, 0.4) is 0 Å². The Bertz CT molecular complexity index is 857. The molecule has 2 unspecified atom stereocenters. The molecular formula is C19H20BrF5N4. The number of pyridine rings is 1. The van der Waals surface area contributed by atoms with Crippen LogP contribution in [0.4, 0.5) is 27.6 Å². The molecule has 1 aromatic carbocycles. The maximum atomic E-state index is 15.1. The highest BCUT2D eigenvalue weighted by molar-refractivity contribution is 9.10. The van der Waals surface area contributed by atoms with Gasteiger partial charge in [0.1, 0.15) is 0 Å². The minimum atomic E-state index is -4.57. The Balaban J connectivity index is 2.20. The van der Waals surface area contributed by atoms with Crippen molar-refractivity contribution in [2.75, 3.05) is 18.9 Å². The Morgan fingerprint density at radius 2 is 1.97 bits per heavy atom. The lowest BCUT2D eigenvalue weighted by Crippen LogP contribution is -2.37. The standard InChI is InChI=1S/C19H20BrF5N4/c1-18(22,17(21)10-29(2)11-26)12-4-3-5-14(6-12)27-9-16-15(19(23,24)25)7-13(20)8-28-16/h3-8,11,17,26-27H,9-10H2,1-2H3. The van der Waals surface area contributed by atoms with Gasteiger partial charge in [-0.3, -0.25) is 10.4 Å². The first-order chi connectivity index (χ1) is 13.4. The summed E-state index contributed by atoms with van der Waals surface area (Å²) in [5, 5.41) is 9.85. The van der Waals surface area contributed by atoms with Crippen molar-refractivity contribution in [2.24, 2.45) is 0 Å². The van der Waals surface area contributed by atoms with Crippen LogP contribution in [0, 0.1) is 5.41 Å². The molecule has 0 spiro atoms. The number of alkyl halides is 5. The fourth-order valence-electron chi connectivity index (χ4n) is 2.63. The van der Waals surface area contributed by atoms with Gasteiger partial charge in [0.25, 0.3) is 0 Å². The molecule has 1 aromatic heterocycles. The largest absolute Gasteiger partial charge is 0.418 e. The molecule has 4 nitrogen and oxygen atoms in total. The number of benzene rings is 1. The summed E-state index contributed by atoms with van der Waals surface area (Å²) >= 11 is 2.97. The summed E-state index contributed by atoms with van der Waals surface area (Å²) < 4.78 is 69.3. The zero-order valence-electron chi connectivity index (χ0n) is 15.7. The van der Waals surface area contributed by atoms with Gasteiger partial charge in [-0.1, -0.05) is 12.1 Å². The average molecular weight is 479 g/mol. The van der Waals surface area contributed by atoms with Gasteiger partial charge < -0.3 is 10.2 Å². The number of aromatic nitrogens is 1.